The van der Waals surface area contributed by atoms with Gasteiger partial charge in [-0.15, -0.1) is 0 Å². The van der Waals surface area contributed by atoms with Crippen molar-refractivity contribution < 1.29 is 0 Å². The van der Waals surface area contributed by atoms with E-state index in [-0.39, 0.29) is 0 Å². The second-order valence-corrected chi connectivity index (χ2v) is 4.95. The molecule has 0 unspecified atom stereocenters. The summed E-state index contributed by atoms with van der Waals surface area (Å²) in [6.07, 6.45) is 3.51. The maximum absolute atomic E-state index is 4.66. The molecule has 3 aromatic rings. The summed E-state index contributed by atoms with van der Waals surface area (Å²) in [4.78, 5) is 13.3. The Morgan fingerprint density at radius 2 is 1.70 bits per heavy atom. The van der Waals surface area contributed by atoms with Crippen molar-refractivity contribution in [3.05, 3.63) is 48.8 Å². The van der Waals surface area contributed by atoms with Gasteiger partial charge in [0.1, 0.15) is 5.82 Å². The maximum atomic E-state index is 4.66. The van der Waals surface area contributed by atoms with Gasteiger partial charge in [-0.25, -0.2) is 9.97 Å². The topological polar surface area (TPSA) is 50.7 Å². The third-order valence-electron chi connectivity index (χ3n) is 2.97. The van der Waals surface area contributed by atoms with Crippen molar-refractivity contribution in [3.63, 3.8) is 0 Å². The first-order valence-corrected chi connectivity index (χ1v) is 6.68. The van der Waals surface area contributed by atoms with Crippen LogP contribution < -0.4 is 5.32 Å². The molecule has 0 amide bonds. The SMILES string of the molecule is CC(C)Nc1nc(-c2ccncc2)nc2ccccc12. The molecule has 0 saturated heterocycles. The Balaban J connectivity index is 2.20. The fraction of sp³-hybridized carbons (Fsp3) is 0.188. The van der Waals surface area contributed by atoms with Gasteiger partial charge in [0, 0.05) is 29.4 Å². The number of benzene rings is 1. The molecular weight excluding hydrogens is 248 g/mol. The zero-order chi connectivity index (χ0) is 13.9. The van der Waals surface area contributed by atoms with Gasteiger partial charge in [0.2, 0.25) is 0 Å². The number of para-hydroxylation sites is 1. The van der Waals surface area contributed by atoms with Crippen LogP contribution in [0.4, 0.5) is 5.82 Å². The van der Waals surface area contributed by atoms with E-state index < -0.39 is 0 Å². The fourth-order valence-electron chi connectivity index (χ4n) is 2.09. The number of aromatic nitrogens is 3. The summed E-state index contributed by atoms with van der Waals surface area (Å²) >= 11 is 0. The van der Waals surface area contributed by atoms with E-state index in [9.17, 15) is 0 Å². The van der Waals surface area contributed by atoms with Gasteiger partial charge in [0.05, 0.1) is 5.52 Å². The Morgan fingerprint density at radius 3 is 2.45 bits per heavy atom. The predicted octanol–water partition coefficient (Wildman–Crippen LogP) is 3.51. The predicted molar refractivity (Wildman–Crippen MR) is 81.5 cm³/mol. The lowest BCUT2D eigenvalue weighted by molar-refractivity contribution is 0.891. The molecule has 0 aliphatic carbocycles. The highest BCUT2D eigenvalue weighted by molar-refractivity contribution is 5.90. The third kappa shape index (κ3) is 2.45. The number of hydrogen-bond donors (Lipinski definition) is 1. The molecule has 0 aliphatic heterocycles. The van der Waals surface area contributed by atoms with Crippen LogP contribution in [0.3, 0.4) is 0 Å². The number of rotatable bonds is 3. The molecule has 1 aromatic carbocycles. The fourth-order valence-corrected chi connectivity index (χ4v) is 2.09. The molecule has 0 radical (unpaired) electrons. The smallest absolute Gasteiger partial charge is 0.162 e. The Labute approximate surface area is 117 Å². The third-order valence-corrected chi connectivity index (χ3v) is 2.97. The second-order valence-electron chi connectivity index (χ2n) is 4.95. The number of nitrogens with zero attached hydrogens (tertiary/aromatic N) is 3. The Kier molecular flexibility index (Phi) is 3.29. The van der Waals surface area contributed by atoms with E-state index >= 15 is 0 Å². The number of nitrogens with one attached hydrogen (secondary N) is 1. The molecule has 0 aliphatic rings. The minimum Gasteiger partial charge on any atom is -0.367 e. The largest absolute Gasteiger partial charge is 0.367 e. The Hall–Kier alpha value is -2.49. The van der Waals surface area contributed by atoms with Crippen LogP contribution >= 0.6 is 0 Å². The molecular formula is C16H16N4. The molecule has 4 heteroatoms. The van der Waals surface area contributed by atoms with E-state index in [2.05, 4.69) is 34.1 Å². The van der Waals surface area contributed by atoms with Crippen LogP contribution in [-0.4, -0.2) is 21.0 Å². The maximum Gasteiger partial charge on any atom is 0.162 e. The van der Waals surface area contributed by atoms with Crippen LogP contribution in [0.25, 0.3) is 22.3 Å². The van der Waals surface area contributed by atoms with Crippen LogP contribution in [0.1, 0.15) is 13.8 Å². The van der Waals surface area contributed by atoms with Crippen molar-refractivity contribution in [2.24, 2.45) is 0 Å². The molecule has 0 bridgehead atoms. The van der Waals surface area contributed by atoms with Gasteiger partial charge in [-0.1, -0.05) is 12.1 Å². The van der Waals surface area contributed by atoms with Crippen LogP contribution in [0.5, 0.6) is 0 Å². The van der Waals surface area contributed by atoms with Gasteiger partial charge in [0.25, 0.3) is 0 Å². The van der Waals surface area contributed by atoms with E-state index in [4.69, 9.17) is 0 Å². The normalized spacial score (nSPS) is 10.9. The van der Waals surface area contributed by atoms with Crippen LogP contribution in [-0.2, 0) is 0 Å². The van der Waals surface area contributed by atoms with E-state index in [0.717, 1.165) is 22.3 Å². The Bertz CT molecular complexity index is 723. The van der Waals surface area contributed by atoms with Gasteiger partial charge in [-0.05, 0) is 38.1 Å². The molecule has 2 heterocycles. The van der Waals surface area contributed by atoms with Gasteiger partial charge >= 0.3 is 0 Å². The lowest BCUT2D eigenvalue weighted by atomic mass is 10.2. The second kappa shape index (κ2) is 5.25. The minimum atomic E-state index is 0.318. The zero-order valence-electron chi connectivity index (χ0n) is 11.5. The van der Waals surface area contributed by atoms with Gasteiger partial charge in [-0.2, -0.15) is 0 Å². The van der Waals surface area contributed by atoms with Gasteiger partial charge < -0.3 is 5.32 Å². The van der Waals surface area contributed by atoms with Crippen molar-refractivity contribution in [3.8, 4) is 11.4 Å². The zero-order valence-corrected chi connectivity index (χ0v) is 11.5. The molecule has 20 heavy (non-hydrogen) atoms. The molecule has 100 valence electrons. The quantitative estimate of drug-likeness (QED) is 0.786. The molecule has 1 N–H and O–H groups in total. The van der Waals surface area contributed by atoms with Crippen LogP contribution in [0, 0.1) is 0 Å². The van der Waals surface area contributed by atoms with E-state index in [1.54, 1.807) is 12.4 Å². The molecule has 3 rings (SSSR count). The number of anilines is 1. The standard InChI is InChI=1S/C16H16N4/c1-11(2)18-16-13-5-3-4-6-14(13)19-15(20-16)12-7-9-17-10-8-12/h3-11H,1-2H3,(H,18,19,20). The van der Waals surface area contributed by atoms with Crippen molar-refractivity contribution in [2.75, 3.05) is 5.32 Å². The monoisotopic (exact) mass is 264 g/mol. The highest BCUT2D eigenvalue weighted by Crippen LogP contribution is 2.24. The molecule has 0 atom stereocenters. The highest BCUT2D eigenvalue weighted by Gasteiger charge is 2.09. The van der Waals surface area contributed by atoms with Crippen LogP contribution in [0.15, 0.2) is 48.8 Å². The summed E-state index contributed by atoms with van der Waals surface area (Å²) in [5.41, 5.74) is 1.91. The molecule has 0 spiro atoms. The van der Waals surface area contributed by atoms with Crippen molar-refractivity contribution in [2.45, 2.75) is 19.9 Å². The first kappa shape index (κ1) is 12.5. The van der Waals surface area contributed by atoms with Crippen molar-refractivity contribution >= 4 is 16.7 Å². The average molecular weight is 264 g/mol. The number of hydrogen-bond acceptors (Lipinski definition) is 4. The summed E-state index contributed by atoms with van der Waals surface area (Å²) in [6, 6.07) is 12.2. The Morgan fingerprint density at radius 1 is 0.950 bits per heavy atom. The first-order valence-electron chi connectivity index (χ1n) is 6.68. The van der Waals surface area contributed by atoms with Gasteiger partial charge in [0.15, 0.2) is 5.82 Å². The summed E-state index contributed by atoms with van der Waals surface area (Å²) < 4.78 is 0. The lowest BCUT2D eigenvalue weighted by Crippen LogP contribution is -2.12. The van der Waals surface area contributed by atoms with E-state index in [1.807, 2.05) is 36.4 Å². The molecule has 0 saturated carbocycles. The van der Waals surface area contributed by atoms with E-state index in [0.29, 0.717) is 11.9 Å². The van der Waals surface area contributed by atoms with Crippen molar-refractivity contribution in [1.29, 1.82) is 0 Å². The lowest BCUT2D eigenvalue weighted by Gasteiger charge is -2.13. The number of pyridine rings is 1. The van der Waals surface area contributed by atoms with Gasteiger partial charge in [-0.3, -0.25) is 4.98 Å². The highest BCUT2D eigenvalue weighted by atomic mass is 15.0. The van der Waals surface area contributed by atoms with Crippen molar-refractivity contribution in [1.82, 2.24) is 15.0 Å². The summed E-state index contributed by atoms with van der Waals surface area (Å²) in [5.74, 6) is 1.59. The molecule has 2 aromatic heterocycles. The average Bonchev–Trinajstić information content (AvgIpc) is 2.47. The van der Waals surface area contributed by atoms with E-state index in [1.165, 1.54) is 0 Å². The summed E-state index contributed by atoms with van der Waals surface area (Å²) in [6.45, 7) is 4.20. The summed E-state index contributed by atoms with van der Waals surface area (Å²) in [7, 11) is 0. The number of fused-ring (bicyclic) bond motifs is 1. The summed E-state index contributed by atoms with van der Waals surface area (Å²) in [5, 5.41) is 4.43. The van der Waals surface area contributed by atoms with Crippen LogP contribution in [0.2, 0.25) is 0 Å². The minimum absolute atomic E-state index is 0.318. The first-order chi connectivity index (χ1) is 9.74. The molecule has 4 nitrogen and oxygen atoms in total. The molecule has 0 fully saturated rings.